The van der Waals surface area contributed by atoms with Crippen LogP contribution >= 0.6 is 23.1 Å². The smallest absolute Gasteiger partial charge is 0.326 e. The van der Waals surface area contributed by atoms with Gasteiger partial charge in [0.1, 0.15) is 11.7 Å². The summed E-state index contributed by atoms with van der Waals surface area (Å²) in [5.74, 6) is -2.52. The molecule has 234 valence electrons. The number of carbonyl (C=O) groups excluding carboxylic acids is 2. The van der Waals surface area contributed by atoms with Crippen LogP contribution in [0.1, 0.15) is 61.9 Å². The van der Waals surface area contributed by atoms with Crippen LogP contribution < -0.4 is 10.2 Å². The number of aliphatic hydroxyl groups excluding tert-OH is 1. The van der Waals surface area contributed by atoms with Crippen molar-refractivity contribution in [3.05, 3.63) is 53.6 Å². The van der Waals surface area contributed by atoms with Gasteiger partial charge in [-0.2, -0.15) is 0 Å². The van der Waals surface area contributed by atoms with Crippen LogP contribution in [0.25, 0.3) is 0 Å². The number of amides is 2. The van der Waals surface area contributed by atoms with Gasteiger partial charge in [-0.3, -0.25) is 14.4 Å². The molecule has 1 aliphatic heterocycles. The van der Waals surface area contributed by atoms with Crippen molar-refractivity contribution < 1.29 is 34.5 Å². The molecule has 1 aromatic carbocycles. The van der Waals surface area contributed by atoms with Crippen molar-refractivity contribution in [3.8, 4) is 0 Å². The summed E-state index contributed by atoms with van der Waals surface area (Å²) in [5.41, 5.74) is 1.25. The lowest BCUT2D eigenvalue weighted by Gasteiger charge is -2.22. The normalized spacial score (nSPS) is 16.4. The number of rotatable bonds is 19. The molecule has 2 aromatic rings. The molecule has 0 bridgehead atoms. The fourth-order valence-electron chi connectivity index (χ4n) is 4.71. The fourth-order valence-corrected chi connectivity index (χ4v) is 6.52. The average Bonchev–Trinajstić information content (AvgIpc) is 3.60. The number of benzene rings is 1. The summed E-state index contributed by atoms with van der Waals surface area (Å²) in [4.78, 5) is 55.3. The molecule has 3 atom stereocenters. The molecular weight excluding hydrogens is 592 g/mol. The third-order valence-corrected chi connectivity index (χ3v) is 9.15. The van der Waals surface area contributed by atoms with Crippen LogP contribution in [0, 0.1) is 0 Å². The highest BCUT2D eigenvalue weighted by Gasteiger charge is 2.29. The number of carboxylic acid groups (broad SMARTS) is 2. The van der Waals surface area contributed by atoms with Gasteiger partial charge in [-0.1, -0.05) is 55.0 Å². The number of nitrogens with one attached hydrogen (secondary N) is 1. The van der Waals surface area contributed by atoms with Crippen LogP contribution in [0.4, 0.5) is 5.69 Å². The number of anilines is 1. The van der Waals surface area contributed by atoms with Gasteiger partial charge in [-0.25, -0.2) is 9.78 Å². The van der Waals surface area contributed by atoms with Crippen molar-refractivity contribution in [1.29, 1.82) is 0 Å². The minimum atomic E-state index is -1.32. The number of hydrogen-bond donors (Lipinski definition) is 4. The van der Waals surface area contributed by atoms with Crippen LogP contribution in [0.2, 0.25) is 0 Å². The van der Waals surface area contributed by atoms with E-state index < -0.39 is 30.0 Å². The number of thiazole rings is 1. The van der Waals surface area contributed by atoms with Gasteiger partial charge in [0.25, 0.3) is 5.91 Å². The average molecular weight is 633 g/mol. The van der Waals surface area contributed by atoms with E-state index in [9.17, 15) is 29.4 Å². The molecule has 2 amide bonds. The fraction of sp³-hybridized carbons (Fsp3) is 0.500. The van der Waals surface area contributed by atoms with Gasteiger partial charge in [0.2, 0.25) is 5.91 Å². The number of nitrogens with zero attached hydrogens (tertiary/aromatic N) is 3. The SMILES string of the molecule is CN(CCCCC[C@H](O)/C=C/[C@H]1CCC(=O)N1CCSc1nc(C(=O)N[C@@H](CCC(=O)O)C(=O)O)cs1)c1ccccc1. The van der Waals surface area contributed by atoms with E-state index in [4.69, 9.17) is 5.11 Å². The number of carboxylic acids is 2. The first kappa shape index (κ1) is 34.1. The molecule has 2 heterocycles. The molecule has 4 N–H and O–H groups in total. The predicted molar refractivity (Wildman–Crippen MR) is 167 cm³/mol. The summed E-state index contributed by atoms with van der Waals surface area (Å²) >= 11 is 2.63. The lowest BCUT2D eigenvalue weighted by Crippen LogP contribution is -2.41. The van der Waals surface area contributed by atoms with Gasteiger partial charge in [0.15, 0.2) is 4.34 Å². The van der Waals surface area contributed by atoms with E-state index in [2.05, 4.69) is 34.4 Å². The van der Waals surface area contributed by atoms with Crippen molar-refractivity contribution in [1.82, 2.24) is 15.2 Å². The minimum Gasteiger partial charge on any atom is -0.481 e. The van der Waals surface area contributed by atoms with Crippen LogP contribution in [0.3, 0.4) is 0 Å². The number of para-hydroxylation sites is 1. The molecule has 1 fully saturated rings. The maximum Gasteiger partial charge on any atom is 0.326 e. The molecule has 3 rings (SSSR count). The van der Waals surface area contributed by atoms with Crippen molar-refractivity contribution in [2.45, 2.75) is 73.9 Å². The van der Waals surface area contributed by atoms with Crippen molar-refractivity contribution >= 4 is 52.5 Å². The van der Waals surface area contributed by atoms with Gasteiger partial charge < -0.3 is 30.4 Å². The molecule has 11 nitrogen and oxygen atoms in total. The molecule has 1 aliphatic rings. The third kappa shape index (κ3) is 11.6. The summed E-state index contributed by atoms with van der Waals surface area (Å²) < 4.78 is 0.603. The standard InChI is InChI=1S/C30H40N4O7S2/c1-33(21-8-4-2-5-9-21)17-7-3-6-10-23(35)13-11-22-12-15-26(36)34(22)18-19-42-30-32-25(20-43-30)28(39)31-24(29(40)41)14-16-27(37)38/h2,4-5,8-9,11,13,20,22-24,35H,3,6-7,10,12,14-19H2,1H3,(H,31,39)(H,37,38)(H,40,41)/b13-11+/t22-,23-,24-/m0/s1. The summed E-state index contributed by atoms with van der Waals surface area (Å²) in [6, 6.07) is 8.86. The highest BCUT2D eigenvalue weighted by molar-refractivity contribution is 8.01. The molecule has 1 saturated heterocycles. The van der Waals surface area contributed by atoms with Crippen LogP contribution in [0.5, 0.6) is 0 Å². The van der Waals surface area contributed by atoms with Crippen molar-refractivity contribution in [3.63, 3.8) is 0 Å². The molecule has 0 spiro atoms. The van der Waals surface area contributed by atoms with Gasteiger partial charge >= 0.3 is 11.9 Å². The van der Waals surface area contributed by atoms with E-state index in [1.165, 1.54) is 34.2 Å². The van der Waals surface area contributed by atoms with E-state index in [0.717, 1.165) is 25.8 Å². The maximum absolute atomic E-state index is 12.5. The number of aromatic nitrogens is 1. The molecule has 13 heteroatoms. The Hall–Kier alpha value is -3.42. The Morgan fingerprint density at radius 1 is 1.19 bits per heavy atom. The second-order valence-electron chi connectivity index (χ2n) is 10.4. The molecule has 43 heavy (non-hydrogen) atoms. The van der Waals surface area contributed by atoms with E-state index >= 15 is 0 Å². The molecule has 0 aliphatic carbocycles. The number of hydrogen-bond acceptors (Lipinski definition) is 9. The van der Waals surface area contributed by atoms with Crippen LogP contribution in [-0.4, -0.2) is 93.0 Å². The number of thioether (sulfide) groups is 1. The molecule has 1 aromatic heterocycles. The second-order valence-corrected chi connectivity index (χ2v) is 12.6. The summed E-state index contributed by atoms with van der Waals surface area (Å²) in [5, 5.41) is 32.3. The van der Waals surface area contributed by atoms with E-state index in [-0.39, 0.29) is 30.5 Å². The summed E-state index contributed by atoms with van der Waals surface area (Å²) in [6.07, 6.45) is 7.39. The largest absolute Gasteiger partial charge is 0.481 e. The molecule has 0 radical (unpaired) electrons. The number of likely N-dealkylation sites (tertiary alicyclic amines) is 1. The van der Waals surface area contributed by atoms with E-state index in [1.807, 2.05) is 24.3 Å². The van der Waals surface area contributed by atoms with E-state index in [0.29, 0.717) is 35.9 Å². The first-order valence-electron chi connectivity index (χ1n) is 14.4. The first-order valence-corrected chi connectivity index (χ1v) is 16.3. The quantitative estimate of drug-likeness (QED) is 0.102. The van der Waals surface area contributed by atoms with Gasteiger partial charge in [-0.05, 0) is 37.8 Å². The third-order valence-electron chi connectivity index (χ3n) is 7.14. The maximum atomic E-state index is 12.5. The Balaban J connectivity index is 1.37. The highest BCUT2D eigenvalue weighted by Crippen LogP contribution is 2.26. The molecule has 0 unspecified atom stereocenters. The summed E-state index contributed by atoms with van der Waals surface area (Å²) in [7, 11) is 2.08. The predicted octanol–water partition coefficient (Wildman–Crippen LogP) is 3.89. The van der Waals surface area contributed by atoms with Crippen molar-refractivity contribution in [2.75, 3.05) is 30.8 Å². The lowest BCUT2D eigenvalue weighted by atomic mass is 10.1. The topological polar surface area (TPSA) is 160 Å². The number of aliphatic carboxylic acids is 2. The Kier molecular flexibility index (Phi) is 14.0. The summed E-state index contributed by atoms with van der Waals surface area (Å²) in [6.45, 7) is 1.45. The Labute approximate surface area is 260 Å². The van der Waals surface area contributed by atoms with Gasteiger partial charge in [0.05, 0.1) is 12.1 Å². The second kappa shape index (κ2) is 17.6. The number of unbranched alkanes of at least 4 members (excludes halogenated alkanes) is 2. The minimum absolute atomic E-state index is 0.0596. The Morgan fingerprint density at radius 2 is 1.95 bits per heavy atom. The highest BCUT2D eigenvalue weighted by atomic mass is 32.2. The zero-order valence-electron chi connectivity index (χ0n) is 24.3. The Bertz CT molecular complexity index is 1240. The number of carbonyl (C=O) groups is 4. The zero-order chi connectivity index (χ0) is 31.2. The van der Waals surface area contributed by atoms with Crippen LogP contribution in [-0.2, 0) is 14.4 Å². The van der Waals surface area contributed by atoms with E-state index in [1.54, 1.807) is 11.0 Å². The monoisotopic (exact) mass is 632 g/mol. The molecule has 0 saturated carbocycles. The number of aliphatic hydroxyl groups is 1. The van der Waals surface area contributed by atoms with Gasteiger partial charge in [0, 0.05) is 49.8 Å². The van der Waals surface area contributed by atoms with Crippen LogP contribution in [0.15, 0.2) is 52.2 Å². The van der Waals surface area contributed by atoms with Crippen molar-refractivity contribution in [2.24, 2.45) is 0 Å². The molecular formula is C30H40N4O7S2. The first-order chi connectivity index (χ1) is 20.6. The van der Waals surface area contributed by atoms with Gasteiger partial charge in [-0.15, -0.1) is 11.3 Å². The lowest BCUT2D eigenvalue weighted by molar-refractivity contribution is -0.140. The Morgan fingerprint density at radius 3 is 2.67 bits per heavy atom. The zero-order valence-corrected chi connectivity index (χ0v) is 25.9.